The van der Waals surface area contributed by atoms with Gasteiger partial charge in [-0.1, -0.05) is 25.5 Å². The largest absolute Gasteiger partial charge is 0.456 e. The molecule has 3 saturated carbocycles. The normalized spacial score (nSPS) is 41.2. The molecule has 7 unspecified atom stereocenters. The van der Waals surface area contributed by atoms with Crippen LogP contribution < -0.4 is 0 Å². The predicted octanol–water partition coefficient (Wildman–Crippen LogP) is 8.21. The zero-order valence-corrected chi connectivity index (χ0v) is 27.6. The molecule has 0 heterocycles. The van der Waals surface area contributed by atoms with Crippen molar-refractivity contribution >= 4 is 30.7 Å². The van der Waals surface area contributed by atoms with Crippen LogP contribution in [-0.2, 0) is 13.4 Å². The molecule has 35 heavy (non-hydrogen) atoms. The highest BCUT2D eigenvalue weighted by atomic mass is 28.4. The Morgan fingerprint density at radius 1 is 0.800 bits per heavy atom. The number of oxime groups is 1. The molecular formula is C28H53NO3Si3. The molecule has 0 amide bonds. The Hall–Kier alpha value is -0.219. The van der Waals surface area contributed by atoms with Crippen molar-refractivity contribution in [2.75, 3.05) is 0 Å². The lowest BCUT2D eigenvalue weighted by Gasteiger charge is -2.57. The van der Waals surface area contributed by atoms with Crippen molar-refractivity contribution in [3.05, 3.63) is 11.6 Å². The first-order valence-electron chi connectivity index (χ1n) is 14.2. The van der Waals surface area contributed by atoms with Crippen LogP contribution in [-0.4, -0.2) is 42.9 Å². The molecule has 0 aromatic carbocycles. The van der Waals surface area contributed by atoms with E-state index in [9.17, 15) is 0 Å². The highest BCUT2D eigenvalue weighted by Gasteiger charge is 2.61. The summed E-state index contributed by atoms with van der Waals surface area (Å²) in [6.45, 7) is 25.7. The van der Waals surface area contributed by atoms with Gasteiger partial charge in [-0.05, 0) is 127 Å². The van der Waals surface area contributed by atoms with Crippen molar-refractivity contribution in [1.29, 1.82) is 0 Å². The number of hydrogen-bond acceptors (Lipinski definition) is 4. The molecule has 0 aromatic heterocycles. The van der Waals surface area contributed by atoms with Gasteiger partial charge in [0.05, 0.1) is 11.8 Å². The van der Waals surface area contributed by atoms with Gasteiger partial charge in [0.2, 0.25) is 0 Å². The first-order chi connectivity index (χ1) is 15.9. The zero-order valence-electron chi connectivity index (χ0n) is 24.6. The second kappa shape index (κ2) is 9.21. The Morgan fingerprint density at radius 2 is 1.43 bits per heavy atom. The van der Waals surface area contributed by atoms with Gasteiger partial charge in [0.1, 0.15) is 0 Å². The Kier molecular flexibility index (Phi) is 7.32. The average Bonchev–Trinajstić information content (AvgIpc) is 2.94. The average molecular weight is 536 g/mol. The lowest BCUT2D eigenvalue weighted by atomic mass is 9.48. The topological polar surface area (TPSA) is 40.0 Å². The molecule has 0 N–H and O–H groups in total. The van der Waals surface area contributed by atoms with Gasteiger partial charge in [0.25, 0.3) is 8.32 Å². The lowest BCUT2D eigenvalue weighted by molar-refractivity contribution is -0.0213. The Morgan fingerprint density at radius 3 is 2.03 bits per heavy atom. The van der Waals surface area contributed by atoms with Gasteiger partial charge < -0.3 is 13.4 Å². The summed E-state index contributed by atoms with van der Waals surface area (Å²) in [5.74, 6) is 2.14. The van der Waals surface area contributed by atoms with E-state index >= 15 is 0 Å². The first kappa shape index (κ1) is 27.8. The monoisotopic (exact) mass is 535 g/mol. The quantitative estimate of drug-likeness (QED) is 0.195. The van der Waals surface area contributed by atoms with Crippen molar-refractivity contribution in [2.24, 2.45) is 33.7 Å². The minimum absolute atomic E-state index is 0.102. The van der Waals surface area contributed by atoms with Gasteiger partial charge in [-0.15, -0.1) is 5.16 Å². The van der Waals surface area contributed by atoms with Crippen LogP contribution in [0.15, 0.2) is 16.8 Å². The minimum Gasteiger partial charge on any atom is -0.456 e. The smallest absolute Gasteiger partial charge is 0.278 e. The number of rotatable bonds is 6. The Balaban J connectivity index is 1.62. The first-order valence-corrected chi connectivity index (χ1v) is 24.5. The van der Waals surface area contributed by atoms with Crippen LogP contribution in [0.25, 0.3) is 0 Å². The summed E-state index contributed by atoms with van der Waals surface area (Å²) in [5.41, 5.74) is 3.39. The van der Waals surface area contributed by atoms with Crippen LogP contribution in [0.3, 0.4) is 0 Å². The highest BCUT2D eigenvalue weighted by molar-refractivity contribution is 6.70. The summed E-state index contributed by atoms with van der Waals surface area (Å²) >= 11 is 0. The van der Waals surface area contributed by atoms with E-state index in [4.69, 9.17) is 18.5 Å². The second-order valence-electron chi connectivity index (χ2n) is 15.4. The summed E-state index contributed by atoms with van der Waals surface area (Å²) in [5, 5.41) is 4.94. The molecule has 4 nitrogen and oxygen atoms in total. The molecule has 7 heteroatoms. The minimum atomic E-state index is -1.75. The summed E-state index contributed by atoms with van der Waals surface area (Å²) in [6.07, 6.45) is 11.7. The fraction of sp³-hybridized carbons (Fsp3) is 0.893. The molecule has 4 rings (SSSR count). The standard InChI is InChI=1S/C28H53NO3Si3/c1-27-16-14-21(30-33(3,4)5)18-20(27)12-13-22-23(27)15-17-28(2)24(22)19-25(31-34(6,7)8)26(28)29-32-35(9,10)11/h12,21-25H,13-19H2,1-11H3/b29-26+. The van der Waals surface area contributed by atoms with E-state index in [1.54, 1.807) is 5.57 Å². The van der Waals surface area contributed by atoms with Crippen LogP contribution in [0.1, 0.15) is 58.8 Å². The van der Waals surface area contributed by atoms with Crippen molar-refractivity contribution in [1.82, 2.24) is 0 Å². The molecule has 0 aromatic rings. The van der Waals surface area contributed by atoms with E-state index in [0.717, 1.165) is 24.7 Å². The van der Waals surface area contributed by atoms with Crippen LogP contribution >= 0.6 is 0 Å². The Labute approximate surface area is 219 Å². The van der Waals surface area contributed by atoms with E-state index in [1.165, 1.54) is 37.8 Å². The molecular weight excluding hydrogens is 483 g/mol. The predicted molar refractivity (Wildman–Crippen MR) is 155 cm³/mol. The van der Waals surface area contributed by atoms with E-state index in [2.05, 4.69) is 78.8 Å². The summed E-state index contributed by atoms with van der Waals surface area (Å²) < 4.78 is 19.6. The van der Waals surface area contributed by atoms with E-state index in [-0.39, 0.29) is 11.5 Å². The maximum atomic E-state index is 6.82. The van der Waals surface area contributed by atoms with Gasteiger partial charge in [-0.3, -0.25) is 0 Å². The SMILES string of the molecule is CC12CCC(O[Si](C)(C)C)CC1=CCC1C2CCC2(C)/C(=N/O[Si](C)(C)C)C(O[Si](C)(C)C)CC12. The Bertz CT molecular complexity index is 868. The number of nitrogens with zero attached hydrogens (tertiary/aromatic N) is 1. The van der Waals surface area contributed by atoms with Crippen LogP contribution in [0.2, 0.25) is 58.9 Å². The molecule has 0 saturated heterocycles. The van der Waals surface area contributed by atoms with Crippen molar-refractivity contribution in [2.45, 2.75) is 130 Å². The summed E-state index contributed by atoms with van der Waals surface area (Å²) in [4.78, 5) is 0. The number of allylic oxidation sites excluding steroid dienone is 1. The van der Waals surface area contributed by atoms with Crippen LogP contribution in [0.4, 0.5) is 0 Å². The van der Waals surface area contributed by atoms with Gasteiger partial charge in [-0.2, -0.15) is 0 Å². The fourth-order valence-corrected chi connectivity index (χ4v) is 10.5. The maximum Gasteiger partial charge on any atom is 0.278 e. The maximum absolute atomic E-state index is 6.82. The van der Waals surface area contributed by atoms with Gasteiger partial charge >= 0.3 is 0 Å². The molecule has 3 fully saturated rings. The van der Waals surface area contributed by atoms with Crippen LogP contribution in [0, 0.1) is 28.6 Å². The van der Waals surface area contributed by atoms with E-state index in [1.807, 2.05) is 0 Å². The molecule has 4 aliphatic rings. The third-order valence-corrected chi connectivity index (χ3v) is 11.9. The molecule has 4 aliphatic carbocycles. The van der Waals surface area contributed by atoms with E-state index < -0.39 is 25.0 Å². The van der Waals surface area contributed by atoms with E-state index in [0.29, 0.717) is 17.4 Å². The number of fused-ring (bicyclic) bond motifs is 5. The van der Waals surface area contributed by atoms with Gasteiger partial charge in [-0.25, -0.2) is 0 Å². The molecule has 0 bridgehead atoms. The van der Waals surface area contributed by atoms with Gasteiger partial charge in [0.15, 0.2) is 16.6 Å². The molecule has 200 valence electrons. The number of hydrogen-bond donors (Lipinski definition) is 0. The highest BCUT2D eigenvalue weighted by Crippen LogP contribution is 2.64. The van der Waals surface area contributed by atoms with Crippen molar-refractivity contribution in [3.8, 4) is 0 Å². The van der Waals surface area contributed by atoms with Crippen molar-refractivity contribution in [3.63, 3.8) is 0 Å². The van der Waals surface area contributed by atoms with Gasteiger partial charge in [0, 0.05) is 11.5 Å². The van der Waals surface area contributed by atoms with Crippen molar-refractivity contribution < 1.29 is 13.4 Å². The second-order valence-corrected chi connectivity index (χ2v) is 28.8. The molecule has 0 radical (unpaired) electrons. The summed E-state index contributed by atoms with van der Waals surface area (Å²) in [7, 11) is -4.95. The van der Waals surface area contributed by atoms with Crippen LogP contribution in [0.5, 0.6) is 0 Å². The molecule has 0 spiro atoms. The molecule has 7 atom stereocenters. The fourth-order valence-electron chi connectivity index (χ4n) is 7.89. The molecule has 0 aliphatic heterocycles. The summed E-state index contributed by atoms with van der Waals surface area (Å²) in [6, 6.07) is 0. The third kappa shape index (κ3) is 5.79. The zero-order chi connectivity index (χ0) is 26.0. The lowest BCUT2D eigenvalue weighted by Crippen LogP contribution is -2.51. The third-order valence-electron chi connectivity index (χ3n) is 9.24.